The van der Waals surface area contributed by atoms with Crippen LogP contribution in [0.3, 0.4) is 0 Å². The van der Waals surface area contributed by atoms with Crippen molar-refractivity contribution in [1.82, 2.24) is 14.5 Å². The van der Waals surface area contributed by atoms with Crippen molar-refractivity contribution in [3.05, 3.63) is 52.3 Å². The van der Waals surface area contributed by atoms with E-state index in [-0.39, 0.29) is 33.2 Å². The standard InChI is InChI=1S/C21H18Cl2F3N3O3/c1-28-15-8-11(21(24,25)26)10-27-14(15)9-16(28)19(30)17-13(22)3-2-12(18(17)23)20(31)29-4-6-32-7-5-29/h2-3,8-10,13,17H,4-7H2,1H3. The predicted octanol–water partition coefficient (Wildman–Crippen LogP) is 3.92. The largest absolute Gasteiger partial charge is 0.417 e. The summed E-state index contributed by atoms with van der Waals surface area (Å²) < 4.78 is 45.8. The molecule has 3 heterocycles. The van der Waals surface area contributed by atoms with Gasteiger partial charge >= 0.3 is 6.18 Å². The summed E-state index contributed by atoms with van der Waals surface area (Å²) in [6.07, 6.45) is -0.825. The molecule has 6 nitrogen and oxygen atoms in total. The fourth-order valence-electron chi connectivity index (χ4n) is 3.81. The number of carbonyl (C=O) groups excluding carboxylic acids is 2. The van der Waals surface area contributed by atoms with Gasteiger partial charge < -0.3 is 14.2 Å². The topological polar surface area (TPSA) is 64.4 Å². The molecule has 32 heavy (non-hydrogen) atoms. The zero-order valence-corrected chi connectivity index (χ0v) is 18.3. The number of ketones is 1. The Balaban J connectivity index is 1.70. The highest BCUT2D eigenvalue weighted by Gasteiger charge is 2.38. The molecule has 0 bridgehead atoms. The number of nitrogens with zero attached hydrogens (tertiary/aromatic N) is 3. The van der Waals surface area contributed by atoms with Crippen molar-refractivity contribution in [3.8, 4) is 0 Å². The van der Waals surface area contributed by atoms with Crippen molar-refractivity contribution in [2.24, 2.45) is 13.0 Å². The maximum Gasteiger partial charge on any atom is 0.417 e. The van der Waals surface area contributed by atoms with E-state index in [4.69, 9.17) is 27.9 Å². The normalized spacial score (nSPS) is 22.0. The molecule has 0 aromatic carbocycles. The summed E-state index contributed by atoms with van der Waals surface area (Å²) in [6.45, 7) is 1.62. The van der Waals surface area contributed by atoms with E-state index in [0.29, 0.717) is 26.3 Å². The second-order valence-electron chi connectivity index (χ2n) is 7.53. The van der Waals surface area contributed by atoms with E-state index in [9.17, 15) is 22.8 Å². The minimum atomic E-state index is -4.56. The number of hydrogen-bond donors (Lipinski definition) is 0. The number of Topliss-reactive ketones (excluding diaryl/α,β-unsaturated/α-hetero) is 1. The van der Waals surface area contributed by atoms with Crippen LogP contribution in [0.15, 0.2) is 41.1 Å². The van der Waals surface area contributed by atoms with Gasteiger partial charge in [0, 0.05) is 31.4 Å². The molecule has 1 aliphatic heterocycles. The first kappa shape index (κ1) is 22.8. The van der Waals surface area contributed by atoms with E-state index < -0.39 is 28.8 Å². The average molecular weight is 488 g/mol. The average Bonchev–Trinajstić information content (AvgIpc) is 3.09. The number of allylic oxidation sites excluding steroid dienone is 2. The van der Waals surface area contributed by atoms with E-state index >= 15 is 0 Å². The van der Waals surface area contributed by atoms with Crippen LogP contribution in [-0.2, 0) is 22.8 Å². The predicted molar refractivity (Wildman–Crippen MR) is 113 cm³/mol. The molecule has 1 fully saturated rings. The highest BCUT2D eigenvalue weighted by molar-refractivity contribution is 6.37. The number of amides is 1. The SMILES string of the molecule is Cn1c(C(=O)C2C(Cl)=C(C(=O)N3CCOCC3)C=CC2Cl)cc2ncc(C(F)(F)F)cc21. The molecule has 0 radical (unpaired) electrons. The number of ether oxygens (including phenoxy) is 1. The van der Waals surface area contributed by atoms with E-state index in [0.717, 1.165) is 12.3 Å². The molecular weight excluding hydrogens is 470 g/mol. The third-order valence-corrected chi connectivity index (χ3v) is 6.42. The number of rotatable bonds is 3. The number of pyridine rings is 1. The molecule has 1 saturated heterocycles. The van der Waals surface area contributed by atoms with Gasteiger partial charge in [0.05, 0.1) is 52.4 Å². The fourth-order valence-corrected chi connectivity index (χ4v) is 4.56. The molecule has 1 aliphatic carbocycles. The molecule has 2 aliphatic rings. The van der Waals surface area contributed by atoms with Gasteiger partial charge in [-0.05, 0) is 12.1 Å². The molecular formula is C21H18Cl2F3N3O3. The minimum absolute atomic E-state index is 0.00295. The van der Waals surface area contributed by atoms with Gasteiger partial charge in [0.1, 0.15) is 0 Å². The van der Waals surface area contributed by atoms with Gasteiger partial charge in [-0.3, -0.25) is 14.6 Å². The highest BCUT2D eigenvalue weighted by Crippen LogP contribution is 2.37. The Hall–Kier alpha value is -2.36. The summed E-state index contributed by atoms with van der Waals surface area (Å²) in [5.41, 5.74) is -0.289. The van der Waals surface area contributed by atoms with Crippen LogP contribution >= 0.6 is 23.2 Å². The zero-order chi connectivity index (χ0) is 23.2. The van der Waals surface area contributed by atoms with Gasteiger partial charge in [0.15, 0.2) is 5.78 Å². The van der Waals surface area contributed by atoms with E-state index in [1.165, 1.54) is 29.8 Å². The number of alkyl halides is 4. The van der Waals surface area contributed by atoms with Crippen molar-refractivity contribution < 1.29 is 27.5 Å². The van der Waals surface area contributed by atoms with Crippen LogP contribution < -0.4 is 0 Å². The van der Waals surface area contributed by atoms with Crippen molar-refractivity contribution >= 4 is 45.9 Å². The summed E-state index contributed by atoms with van der Waals surface area (Å²) in [6, 6.07) is 2.33. The number of hydrogen-bond acceptors (Lipinski definition) is 4. The molecule has 0 N–H and O–H groups in total. The first-order valence-electron chi connectivity index (χ1n) is 9.75. The lowest BCUT2D eigenvalue weighted by atomic mass is 9.89. The minimum Gasteiger partial charge on any atom is -0.378 e. The third-order valence-electron chi connectivity index (χ3n) is 5.58. The van der Waals surface area contributed by atoms with E-state index in [2.05, 4.69) is 4.98 Å². The molecule has 2 atom stereocenters. The molecule has 2 aromatic rings. The summed E-state index contributed by atoms with van der Waals surface area (Å²) >= 11 is 12.9. The van der Waals surface area contributed by atoms with Gasteiger partial charge in [0.2, 0.25) is 0 Å². The van der Waals surface area contributed by atoms with Crippen LogP contribution in [0.1, 0.15) is 16.1 Å². The summed E-state index contributed by atoms with van der Waals surface area (Å²) in [5, 5.41) is -0.823. The van der Waals surface area contributed by atoms with Gasteiger partial charge in [-0.25, -0.2) is 0 Å². The van der Waals surface area contributed by atoms with Gasteiger partial charge in [-0.15, -0.1) is 11.6 Å². The van der Waals surface area contributed by atoms with Crippen molar-refractivity contribution in [2.45, 2.75) is 11.6 Å². The molecule has 170 valence electrons. The van der Waals surface area contributed by atoms with Crippen LogP contribution in [0.5, 0.6) is 0 Å². The summed E-state index contributed by atoms with van der Waals surface area (Å²) in [5.74, 6) is -1.90. The first-order valence-corrected chi connectivity index (χ1v) is 10.6. The van der Waals surface area contributed by atoms with Gasteiger partial charge in [-0.1, -0.05) is 23.8 Å². The Bertz CT molecular complexity index is 1150. The highest BCUT2D eigenvalue weighted by atomic mass is 35.5. The smallest absolute Gasteiger partial charge is 0.378 e. The molecule has 1 amide bonds. The number of aromatic nitrogens is 2. The number of carbonyl (C=O) groups is 2. The van der Waals surface area contributed by atoms with Crippen molar-refractivity contribution in [3.63, 3.8) is 0 Å². The fraction of sp³-hybridized carbons (Fsp3) is 0.381. The second-order valence-corrected chi connectivity index (χ2v) is 8.44. The Morgan fingerprint density at radius 1 is 1.22 bits per heavy atom. The summed E-state index contributed by atoms with van der Waals surface area (Å²) in [7, 11) is 1.47. The lowest BCUT2D eigenvalue weighted by molar-refractivity contribution is -0.137. The van der Waals surface area contributed by atoms with Gasteiger partial charge in [-0.2, -0.15) is 13.2 Å². The Morgan fingerprint density at radius 3 is 2.56 bits per heavy atom. The van der Waals surface area contributed by atoms with Crippen LogP contribution in [-0.4, -0.2) is 57.8 Å². The number of morpholine rings is 1. The Labute approximate surface area is 191 Å². The Kier molecular flexibility index (Phi) is 6.08. The van der Waals surface area contributed by atoms with Gasteiger partial charge in [0.25, 0.3) is 5.91 Å². The number of fused-ring (bicyclic) bond motifs is 1. The van der Waals surface area contributed by atoms with E-state index in [1.54, 1.807) is 4.90 Å². The van der Waals surface area contributed by atoms with Crippen LogP contribution in [0, 0.1) is 5.92 Å². The summed E-state index contributed by atoms with van der Waals surface area (Å²) in [4.78, 5) is 31.7. The number of halogens is 5. The molecule has 0 spiro atoms. The van der Waals surface area contributed by atoms with Crippen LogP contribution in [0.4, 0.5) is 13.2 Å². The number of aryl methyl sites for hydroxylation is 1. The quantitative estimate of drug-likeness (QED) is 0.486. The molecule has 2 aromatic heterocycles. The third kappa shape index (κ3) is 4.04. The first-order chi connectivity index (χ1) is 15.1. The van der Waals surface area contributed by atoms with Crippen molar-refractivity contribution in [2.75, 3.05) is 26.3 Å². The molecule has 11 heteroatoms. The van der Waals surface area contributed by atoms with E-state index in [1.807, 2.05) is 0 Å². The molecule has 2 unspecified atom stereocenters. The molecule has 4 rings (SSSR count). The lowest BCUT2D eigenvalue weighted by Crippen LogP contribution is -2.42. The van der Waals surface area contributed by atoms with Crippen LogP contribution in [0.25, 0.3) is 11.0 Å². The van der Waals surface area contributed by atoms with Crippen LogP contribution in [0.2, 0.25) is 0 Å². The molecule has 0 saturated carbocycles. The maximum absolute atomic E-state index is 13.4. The zero-order valence-electron chi connectivity index (χ0n) is 16.8. The maximum atomic E-state index is 13.4. The lowest BCUT2D eigenvalue weighted by Gasteiger charge is -2.30. The van der Waals surface area contributed by atoms with Crippen molar-refractivity contribution in [1.29, 1.82) is 0 Å². The monoisotopic (exact) mass is 487 g/mol. The second kappa shape index (κ2) is 8.53. The Morgan fingerprint density at radius 2 is 1.91 bits per heavy atom.